The minimum Gasteiger partial charge on any atom is -0.480 e. The van der Waals surface area contributed by atoms with Crippen LogP contribution in [0.4, 0.5) is 4.79 Å². The Hall–Kier alpha value is -7.06. The van der Waals surface area contributed by atoms with E-state index in [0.717, 1.165) is 16.9 Å². The smallest absolute Gasteiger partial charge is 0.321 e. The number of methoxy groups -OCH3 is 2. The Kier molecular flexibility index (Phi) is 34.1. The van der Waals surface area contributed by atoms with Crippen molar-refractivity contribution in [2.75, 3.05) is 67.6 Å². The number of carbonyl (C=O) groups is 10. The summed E-state index contributed by atoms with van der Waals surface area (Å²) in [4.78, 5) is 140. The summed E-state index contributed by atoms with van der Waals surface area (Å²) in [6.07, 6.45) is 12.6. The number of nitrogens with zero attached hydrogens (tertiary/aromatic N) is 5. The Morgan fingerprint density at radius 1 is 0.809 bits per heavy atom. The molecule has 526 valence electrons. The monoisotopic (exact) mass is 1320 g/mol. The first-order chi connectivity index (χ1) is 44.7. The van der Waals surface area contributed by atoms with Crippen LogP contribution in [0.3, 0.4) is 0 Å². The Morgan fingerprint density at radius 2 is 1.50 bits per heavy atom. The molecule has 0 radical (unpaired) electrons. The maximum Gasteiger partial charge on any atom is 0.321 e. The number of aliphatic carboxylic acids is 1. The van der Waals surface area contributed by atoms with Gasteiger partial charge in [0.1, 0.15) is 24.4 Å². The van der Waals surface area contributed by atoms with Crippen molar-refractivity contribution in [3.8, 4) is 0 Å². The molecule has 2 aliphatic heterocycles. The lowest BCUT2D eigenvalue weighted by Gasteiger charge is -2.41. The second-order valence-electron chi connectivity index (χ2n) is 26.2. The highest BCUT2D eigenvalue weighted by molar-refractivity contribution is 6.12. The summed E-state index contributed by atoms with van der Waals surface area (Å²) in [5.74, 6) is -5.05. The second-order valence-corrected chi connectivity index (χ2v) is 26.2. The molecule has 1 aliphatic carbocycles. The molecular weight excluding hydrogens is 1210 g/mol. The predicted octanol–water partition coefficient (Wildman–Crippen LogP) is 4.62. The number of aliphatic hydroxyl groups excluding tert-OH is 1. The number of carboxylic acid groups (broad SMARTS) is 1. The summed E-state index contributed by atoms with van der Waals surface area (Å²) in [6.45, 7) is 16.8. The maximum atomic E-state index is 14.6. The number of unbranched alkanes of at least 4 members (excludes halogenated alkanes) is 3. The molecule has 25 heteroatoms. The number of likely N-dealkylation sites (tertiary alicyclic amines) is 1. The summed E-state index contributed by atoms with van der Waals surface area (Å²) in [6, 6.07) is 3.85. The zero-order valence-corrected chi connectivity index (χ0v) is 57.8. The zero-order valence-electron chi connectivity index (χ0n) is 57.8. The van der Waals surface area contributed by atoms with E-state index in [2.05, 4.69) is 26.6 Å². The van der Waals surface area contributed by atoms with Crippen molar-refractivity contribution in [2.45, 2.75) is 206 Å². The van der Waals surface area contributed by atoms with Crippen molar-refractivity contribution in [3.63, 3.8) is 0 Å². The number of benzene rings is 1. The van der Waals surface area contributed by atoms with Gasteiger partial charge >= 0.3 is 12.0 Å². The molecule has 10 amide bonds. The van der Waals surface area contributed by atoms with Crippen LogP contribution in [0, 0.1) is 29.6 Å². The number of ether oxygens (including phenoxy) is 2. The van der Waals surface area contributed by atoms with Crippen LogP contribution in [0.15, 0.2) is 66.4 Å². The number of imide groups is 1. The average Bonchev–Trinajstić information content (AvgIpc) is 1.26. The van der Waals surface area contributed by atoms with Crippen LogP contribution in [0.25, 0.3) is 0 Å². The van der Waals surface area contributed by atoms with Crippen molar-refractivity contribution in [3.05, 3.63) is 72.0 Å². The van der Waals surface area contributed by atoms with Crippen LogP contribution in [-0.4, -0.2) is 216 Å². The highest BCUT2D eigenvalue weighted by Gasteiger charge is 2.43. The van der Waals surface area contributed by atoms with Crippen molar-refractivity contribution in [1.29, 1.82) is 0 Å². The van der Waals surface area contributed by atoms with Crippen LogP contribution < -0.4 is 32.3 Å². The summed E-state index contributed by atoms with van der Waals surface area (Å²) in [5, 5.41) is 35.6. The largest absolute Gasteiger partial charge is 0.480 e. The van der Waals surface area contributed by atoms with Gasteiger partial charge < -0.3 is 61.4 Å². The van der Waals surface area contributed by atoms with Gasteiger partial charge in [0.25, 0.3) is 11.8 Å². The molecular formula is C69H111N11O14. The van der Waals surface area contributed by atoms with Crippen molar-refractivity contribution in [1.82, 2.24) is 51.1 Å². The van der Waals surface area contributed by atoms with E-state index in [-0.39, 0.29) is 104 Å². The summed E-state index contributed by atoms with van der Waals surface area (Å²) in [5.41, 5.74) is 6.71. The van der Waals surface area contributed by atoms with E-state index in [9.17, 15) is 58.2 Å². The molecule has 0 saturated carbocycles. The topological polar surface area (TPSA) is 332 Å². The van der Waals surface area contributed by atoms with Crippen LogP contribution >= 0.6 is 0 Å². The van der Waals surface area contributed by atoms with Gasteiger partial charge in [-0.1, -0.05) is 117 Å². The third-order valence-electron chi connectivity index (χ3n) is 18.5. The Labute approximate surface area is 557 Å². The molecule has 3 aliphatic rings. The summed E-state index contributed by atoms with van der Waals surface area (Å²) < 4.78 is 12.2. The molecule has 3 unspecified atom stereocenters. The van der Waals surface area contributed by atoms with E-state index in [1.807, 2.05) is 95.1 Å². The molecule has 25 nitrogen and oxygen atoms in total. The molecule has 0 spiro atoms. The fraction of sp³-hybridized carbons (Fsp3) is 0.681. The number of hydrogen-bond acceptors (Lipinski definition) is 15. The minimum absolute atomic E-state index is 0.0431. The average molecular weight is 1320 g/mol. The number of rotatable bonds is 43. The lowest BCUT2D eigenvalue weighted by molar-refractivity contribution is -0.147. The van der Waals surface area contributed by atoms with Crippen molar-refractivity contribution in [2.24, 2.45) is 35.3 Å². The van der Waals surface area contributed by atoms with Gasteiger partial charge in [-0.2, -0.15) is 0 Å². The third kappa shape index (κ3) is 24.3. The van der Waals surface area contributed by atoms with E-state index in [1.54, 1.807) is 44.7 Å². The molecule has 0 aromatic heterocycles. The van der Waals surface area contributed by atoms with E-state index >= 15 is 0 Å². The first-order valence-corrected chi connectivity index (χ1v) is 33.8. The fourth-order valence-corrected chi connectivity index (χ4v) is 12.9. The fourth-order valence-electron chi connectivity index (χ4n) is 12.9. The molecule has 1 saturated heterocycles. The van der Waals surface area contributed by atoms with Gasteiger partial charge in [-0.25, -0.2) is 4.79 Å². The number of aliphatic hydroxyl groups is 1. The number of carboxylic acids is 1. The van der Waals surface area contributed by atoms with Crippen LogP contribution in [0.2, 0.25) is 0 Å². The number of primary amides is 1. The van der Waals surface area contributed by atoms with Gasteiger partial charge in [0.05, 0.1) is 43.3 Å². The molecule has 2 heterocycles. The zero-order chi connectivity index (χ0) is 69.8. The SMILES string of the molecule is CCCCN(C(=O)CNC(=O)[C@H](C(C)C)N(C)CCC1C=CC(N(C)C(=O)C(CCCNC(N)=O)NC(=O)[C@@H](NC(=O)CCCCCN2C(=O)C=CC2=O)C(C)C)=CC1)[C@@H]([C@@H](C)CC)[C@@H](CC(=O)N1CCC[C@H]1[C@H](OC)[C@@H](C)C(O)N[C@@H](Cc1ccccc1)C(=O)O)OC. The number of urea groups is 1. The molecule has 94 heavy (non-hydrogen) atoms. The minimum atomic E-state index is -1.27. The second kappa shape index (κ2) is 40.4. The highest BCUT2D eigenvalue weighted by atomic mass is 16.5. The molecule has 1 fully saturated rings. The molecule has 4 rings (SSSR count). The van der Waals surface area contributed by atoms with Crippen LogP contribution in [0.5, 0.6) is 0 Å². The van der Waals surface area contributed by atoms with Gasteiger partial charge in [-0.3, -0.25) is 58.3 Å². The molecule has 9 N–H and O–H groups in total. The maximum absolute atomic E-state index is 14.6. The van der Waals surface area contributed by atoms with Gasteiger partial charge in [-0.05, 0) is 113 Å². The number of carbonyl (C=O) groups excluding carboxylic acids is 9. The number of hydrogen-bond donors (Lipinski definition) is 8. The highest BCUT2D eigenvalue weighted by Crippen LogP contribution is 2.31. The van der Waals surface area contributed by atoms with Crippen LogP contribution in [0.1, 0.15) is 151 Å². The molecule has 1 aromatic carbocycles. The third-order valence-corrected chi connectivity index (χ3v) is 18.5. The predicted molar refractivity (Wildman–Crippen MR) is 358 cm³/mol. The van der Waals surface area contributed by atoms with Gasteiger partial charge in [-0.15, -0.1) is 0 Å². The van der Waals surface area contributed by atoms with Crippen molar-refractivity contribution >= 4 is 59.3 Å². The van der Waals surface area contributed by atoms with E-state index in [1.165, 1.54) is 24.2 Å². The van der Waals surface area contributed by atoms with Gasteiger partial charge in [0, 0.05) is 77.6 Å². The van der Waals surface area contributed by atoms with Crippen molar-refractivity contribution < 1.29 is 67.6 Å². The number of amides is 10. The quantitative estimate of drug-likeness (QED) is 0.0251. The van der Waals surface area contributed by atoms with Crippen LogP contribution in [-0.2, 0) is 59.0 Å². The number of allylic oxidation sites excluding steroid dienone is 3. The number of nitrogens with one attached hydrogen (secondary N) is 5. The summed E-state index contributed by atoms with van der Waals surface area (Å²) >= 11 is 0. The van der Waals surface area contributed by atoms with E-state index in [4.69, 9.17) is 15.2 Å². The Balaban J connectivity index is 1.37. The first-order valence-electron chi connectivity index (χ1n) is 33.8. The van der Waals surface area contributed by atoms with Gasteiger partial charge in [0.2, 0.25) is 35.4 Å². The normalized spacial score (nSPS) is 18.8. The number of likely N-dealkylation sites (N-methyl/N-ethyl adjacent to an activating group) is 2. The molecule has 0 bridgehead atoms. The van der Waals surface area contributed by atoms with Gasteiger partial charge in [0.15, 0.2) is 0 Å². The molecule has 1 aromatic rings. The van der Waals surface area contributed by atoms with E-state index < -0.39 is 84.4 Å². The standard InChI is InChI=1S/C69H111N11O14/c1-13-15-37-80(62(46(7)14-2)54(93-11)42-58(84)78-39-23-27-53(78)63(94-12)47(8)64(86)74-52(68(90)91)41-49-24-18-16-19-25-49)59(85)43-72-66(88)61(45(5)6)76(9)40-35-48-29-31-50(32-30-48)77(10)67(89)51(26-22-36-71-69(70)92)73-65(87)60(44(3)4)75-55(81)28-20-17-21-38-79-56(82)33-34-57(79)83/h16,18-19,24-25,29,31-34,44-48,51-54,60-64,74,86H,13-15,17,20-23,26-28,30,35-43H2,1-12H3,(H,72,88)(H,73,87)(H,75,81)(H,90,91)(H3,70,71,92)/t46-,47+,48?,51?,52-,53-,54+,60-,61-,62-,63+,64?/m0/s1. The lowest BCUT2D eigenvalue weighted by atomic mass is 9.89. The Morgan fingerprint density at radius 3 is 2.09 bits per heavy atom. The number of nitrogens with two attached hydrogens (primary N) is 1. The first kappa shape index (κ1) is 79.4. The molecule has 12 atom stereocenters. The lowest BCUT2D eigenvalue weighted by Crippen LogP contribution is -2.57. The summed E-state index contributed by atoms with van der Waals surface area (Å²) in [7, 11) is 6.57. The van der Waals surface area contributed by atoms with E-state index in [0.29, 0.717) is 89.5 Å². The Bertz CT molecular complexity index is 2730.